The minimum Gasteiger partial charge on any atom is -0.288 e. The Morgan fingerprint density at radius 1 is 1.30 bits per heavy atom. The number of nitrogens with zero attached hydrogens (tertiary/aromatic N) is 1. The van der Waals surface area contributed by atoms with Crippen LogP contribution in [0.3, 0.4) is 0 Å². The zero-order valence-electron chi connectivity index (χ0n) is 13.1. The Morgan fingerprint density at radius 3 is 2.39 bits per heavy atom. The van der Waals surface area contributed by atoms with Crippen molar-refractivity contribution in [3.05, 3.63) is 34.3 Å². The number of hydrazine groups is 1. The van der Waals surface area contributed by atoms with Gasteiger partial charge in [-0.25, -0.2) is 5.01 Å². The maximum atomic E-state index is 13.3. The maximum Gasteiger partial charge on any atom is 0.405 e. The molecule has 1 saturated heterocycles. The van der Waals surface area contributed by atoms with Crippen LogP contribution >= 0.6 is 15.9 Å². The third kappa shape index (κ3) is 4.70. The molecule has 1 aliphatic heterocycles. The van der Waals surface area contributed by atoms with E-state index in [9.17, 15) is 18.0 Å². The average Bonchev–Trinajstić information content (AvgIpc) is 2.69. The molecule has 1 aliphatic rings. The molecular formula is C16H20BrF3N2O. The Bertz CT molecular complexity index is 557. The first kappa shape index (κ1) is 18.3. The lowest BCUT2D eigenvalue weighted by Crippen LogP contribution is -2.50. The number of alkyl halides is 3. The normalized spacial score (nSPS) is 19.7. The van der Waals surface area contributed by atoms with Gasteiger partial charge in [-0.2, -0.15) is 13.2 Å². The van der Waals surface area contributed by atoms with E-state index in [0.717, 1.165) is 15.0 Å². The van der Waals surface area contributed by atoms with E-state index < -0.39 is 17.6 Å². The lowest BCUT2D eigenvalue weighted by molar-refractivity contribution is -0.190. The molecule has 0 unspecified atom stereocenters. The van der Waals surface area contributed by atoms with Gasteiger partial charge in [-0.3, -0.25) is 10.2 Å². The molecule has 1 N–H and O–H groups in total. The molecule has 1 heterocycles. The lowest BCUT2D eigenvalue weighted by Gasteiger charge is -2.29. The van der Waals surface area contributed by atoms with Crippen molar-refractivity contribution >= 4 is 21.8 Å². The van der Waals surface area contributed by atoms with Crippen molar-refractivity contribution in [3.63, 3.8) is 0 Å². The zero-order chi connectivity index (χ0) is 17.3. The van der Waals surface area contributed by atoms with E-state index in [1.807, 2.05) is 24.3 Å². The maximum absolute atomic E-state index is 13.3. The van der Waals surface area contributed by atoms with Crippen molar-refractivity contribution < 1.29 is 18.0 Å². The van der Waals surface area contributed by atoms with Crippen molar-refractivity contribution in [3.8, 4) is 0 Å². The number of amides is 1. The topological polar surface area (TPSA) is 32.3 Å². The molecule has 0 radical (unpaired) electrons. The second-order valence-electron chi connectivity index (χ2n) is 6.53. The molecule has 0 aromatic heterocycles. The summed E-state index contributed by atoms with van der Waals surface area (Å²) in [6, 6.07) is 5.89. The highest BCUT2D eigenvalue weighted by Gasteiger charge is 2.49. The van der Waals surface area contributed by atoms with Gasteiger partial charge in [0.05, 0.1) is 5.41 Å². The molecule has 1 atom stereocenters. The van der Waals surface area contributed by atoms with Gasteiger partial charge in [0.2, 0.25) is 5.91 Å². The Hall–Kier alpha value is -1.08. The van der Waals surface area contributed by atoms with E-state index in [2.05, 4.69) is 21.4 Å². The fourth-order valence-corrected chi connectivity index (χ4v) is 2.92. The summed E-state index contributed by atoms with van der Waals surface area (Å²) in [4.78, 5) is 11.7. The van der Waals surface area contributed by atoms with Crippen molar-refractivity contribution in [2.24, 2.45) is 5.41 Å². The first-order chi connectivity index (χ1) is 10.6. The standard InChI is InChI=1S/C16H20BrF3N2O/c1-15(2)10-22(21-14(15)23)13(16(18,19)20)5-3-4-11-6-8-12(17)9-7-11/h6-9,13H,3-5,10H2,1-2H3,(H,21,23)/t13-/m0/s1. The summed E-state index contributed by atoms with van der Waals surface area (Å²) in [5, 5.41) is 1.05. The molecule has 128 valence electrons. The van der Waals surface area contributed by atoms with Gasteiger partial charge in [0.25, 0.3) is 0 Å². The van der Waals surface area contributed by atoms with Crippen molar-refractivity contribution in [1.29, 1.82) is 0 Å². The van der Waals surface area contributed by atoms with E-state index in [0.29, 0.717) is 12.8 Å². The Balaban J connectivity index is 1.97. The van der Waals surface area contributed by atoms with Crippen LogP contribution in [0.5, 0.6) is 0 Å². The van der Waals surface area contributed by atoms with Crippen molar-refractivity contribution in [1.82, 2.24) is 10.4 Å². The number of benzene rings is 1. The molecule has 0 bridgehead atoms. The molecule has 1 aromatic rings. The smallest absolute Gasteiger partial charge is 0.288 e. The largest absolute Gasteiger partial charge is 0.405 e. The van der Waals surface area contributed by atoms with Crippen molar-refractivity contribution in [2.75, 3.05) is 6.54 Å². The molecule has 1 fully saturated rings. The predicted octanol–water partition coefficient (Wildman–Crippen LogP) is 4.08. The molecule has 3 nitrogen and oxygen atoms in total. The molecule has 0 saturated carbocycles. The van der Waals surface area contributed by atoms with Crippen LogP contribution in [0.15, 0.2) is 28.7 Å². The van der Waals surface area contributed by atoms with E-state index >= 15 is 0 Å². The first-order valence-corrected chi connectivity index (χ1v) is 8.28. The van der Waals surface area contributed by atoms with Crippen LogP contribution in [0.4, 0.5) is 13.2 Å². The summed E-state index contributed by atoms with van der Waals surface area (Å²) in [5.74, 6) is -0.361. The SMILES string of the molecule is CC1(C)CN([C@@H](CCCc2ccc(Br)cc2)C(F)(F)F)NC1=O. The van der Waals surface area contributed by atoms with Gasteiger partial charge >= 0.3 is 6.18 Å². The van der Waals surface area contributed by atoms with Crippen LogP contribution in [0, 0.1) is 5.41 Å². The second-order valence-corrected chi connectivity index (χ2v) is 7.44. The van der Waals surface area contributed by atoms with Crippen LogP contribution < -0.4 is 5.43 Å². The molecule has 1 amide bonds. The number of carbonyl (C=O) groups excluding carboxylic acids is 1. The van der Waals surface area contributed by atoms with Gasteiger partial charge < -0.3 is 0 Å². The summed E-state index contributed by atoms with van der Waals surface area (Å²) in [7, 11) is 0. The lowest BCUT2D eigenvalue weighted by atomic mass is 9.94. The molecule has 2 rings (SSSR count). The summed E-state index contributed by atoms with van der Waals surface area (Å²) in [6.07, 6.45) is -3.44. The summed E-state index contributed by atoms with van der Waals surface area (Å²) in [6.45, 7) is 3.36. The second kappa shape index (κ2) is 6.81. The van der Waals surface area contributed by atoms with Gasteiger partial charge in [-0.15, -0.1) is 0 Å². The van der Waals surface area contributed by atoms with E-state index in [1.165, 1.54) is 0 Å². The minimum absolute atomic E-state index is 0.0457. The molecule has 23 heavy (non-hydrogen) atoms. The fraction of sp³-hybridized carbons (Fsp3) is 0.562. The molecule has 0 spiro atoms. The van der Waals surface area contributed by atoms with Gasteiger partial charge in [-0.05, 0) is 50.8 Å². The fourth-order valence-electron chi connectivity index (χ4n) is 2.65. The summed E-state index contributed by atoms with van der Waals surface area (Å²) >= 11 is 3.33. The van der Waals surface area contributed by atoms with Crippen LogP contribution in [0.2, 0.25) is 0 Å². The molecule has 1 aromatic carbocycles. The third-order valence-corrected chi connectivity index (χ3v) is 4.56. The Labute approximate surface area is 142 Å². The number of nitrogens with one attached hydrogen (secondary N) is 1. The van der Waals surface area contributed by atoms with E-state index in [-0.39, 0.29) is 18.9 Å². The first-order valence-electron chi connectivity index (χ1n) is 7.48. The number of hydrogen-bond acceptors (Lipinski definition) is 2. The molecule has 0 aliphatic carbocycles. The van der Waals surface area contributed by atoms with Crippen LogP contribution in [0.25, 0.3) is 0 Å². The summed E-state index contributed by atoms with van der Waals surface area (Å²) < 4.78 is 40.9. The monoisotopic (exact) mass is 392 g/mol. The minimum atomic E-state index is -4.37. The Kier molecular flexibility index (Phi) is 5.41. The van der Waals surface area contributed by atoms with Gasteiger partial charge in [0.1, 0.15) is 6.04 Å². The average molecular weight is 393 g/mol. The molecular weight excluding hydrogens is 373 g/mol. The zero-order valence-corrected chi connectivity index (χ0v) is 14.7. The van der Waals surface area contributed by atoms with Crippen molar-refractivity contribution in [2.45, 2.75) is 45.3 Å². The summed E-state index contributed by atoms with van der Waals surface area (Å²) in [5.41, 5.74) is 2.58. The van der Waals surface area contributed by atoms with E-state index in [4.69, 9.17) is 0 Å². The predicted molar refractivity (Wildman–Crippen MR) is 85.6 cm³/mol. The highest BCUT2D eigenvalue weighted by atomic mass is 79.9. The van der Waals surface area contributed by atoms with Crippen LogP contribution in [0.1, 0.15) is 32.3 Å². The van der Waals surface area contributed by atoms with Gasteiger partial charge in [-0.1, -0.05) is 28.1 Å². The number of aryl methyl sites for hydroxylation is 1. The highest BCUT2D eigenvalue weighted by molar-refractivity contribution is 9.10. The number of hydrogen-bond donors (Lipinski definition) is 1. The third-order valence-electron chi connectivity index (χ3n) is 4.04. The van der Waals surface area contributed by atoms with Gasteiger partial charge in [0, 0.05) is 11.0 Å². The van der Waals surface area contributed by atoms with E-state index in [1.54, 1.807) is 13.8 Å². The van der Waals surface area contributed by atoms with Crippen LogP contribution in [-0.4, -0.2) is 29.7 Å². The van der Waals surface area contributed by atoms with Crippen LogP contribution in [-0.2, 0) is 11.2 Å². The highest BCUT2D eigenvalue weighted by Crippen LogP contribution is 2.33. The van der Waals surface area contributed by atoms with Gasteiger partial charge in [0.15, 0.2) is 0 Å². The quantitative estimate of drug-likeness (QED) is 0.818. The Morgan fingerprint density at radius 2 is 1.91 bits per heavy atom. The number of halogens is 4. The molecule has 7 heteroatoms. The number of carbonyl (C=O) groups is 1. The number of rotatable bonds is 5.